The van der Waals surface area contributed by atoms with Gasteiger partial charge in [-0.2, -0.15) is 0 Å². The van der Waals surface area contributed by atoms with Crippen LogP contribution >= 0.6 is 0 Å². The van der Waals surface area contributed by atoms with E-state index in [1.54, 1.807) is 25.3 Å². The maximum Gasteiger partial charge on any atom is 0.134 e. The van der Waals surface area contributed by atoms with Crippen LogP contribution < -0.4 is 20.5 Å². The van der Waals surface area contributed by atoms with Gasteiger partial charge in [0.1, 0.15) is 17.9 Å². The number of aromatic carboxylic acids is 1. The summed E-state index contributed by atoms with van der Waals surface area (Å²) in [4.78, 5) is 19.8. The van der Waals surface area contributed by atoms with Gasteiger partial charge in [-0.1, -0.05) is 25.1 Å². The first-order valence-corrected chi connectivity index (χ1v) is 10.6. The molecule has 4 rings (SSSR count). The summed E-state index contributed by atoms with van der Waals surface area (Å²) in [5.74, 6) is 0.0704. The van der Waals surface area contributed by atoms with Crippen molar-refractivity contribution >= 4 is 17.5 Å². The summed E-state index contributed by atoms with van der Waals surface area (Å²) in [7, 11) is 1.61. The fraction of sp³-hybridized carbons (Fsp3) is 0.292. The summed E-state index contributed by atoms with van der Waals surface area (Å²) < 4.78 is 10.4. The molecule has 0 spiro atoms. The molecule has 3 aromatic rings. The molecule has 0 atom stereocenters. The monoisotopic (exact) mass is 436 g/mol. The smallest absolute Gasteiger partial charge is 0.134 e. The molecule has 8 heteroatoms. The highest BCUT2D eigenvalue weighted by Crippen LogP contribution is 2.29. The number of aryl methyl sites for hydroxylation is 1. The number of para-hydroxylation sites is 1. The van der Waals surface area contributed by atoms with Crippen LogP contribution in [0.2, 0.25) is 0 Å². The maximum atomic E-state index is 11.3. The number of quaternary nitrogens is 1. The lowest BCUT2D eigenvalue weighted by Gasteiger charge is -2.13. The van der Waals surface area contributed by atoms with Gasteiger partial charge in [0.25, 0.3) is 0 Å². The second-order valence-corrected chi connectivity index (χ2v) is 7.11. The highest BCUT2D eigenvalue weighted by molar-refractivity contribution is 5.89. The molecule has 0 amide bonds. The number of anilines is 2. The zero-order valence-electron chi connectivity index (χ0n) is 18.3. The number of carboxylic acid groups (broad SMARTS) is 1. The number of carboxylic acids is 1. The molecule has 1 saturated heterocycles. The van der Waals surface area contributed by atoms with Crippen LogP contribution in [0.3, 0.4) is 0 Å². The number of morpholine rings is 1. The molecule has 1 aliphatic rings. The molecule has 2 heterocycles. The number of hydrogen-bond donors (Lipinski definition) is 2. The number of carbonyl (C=O) groups excluding carboxylic acids is 1. The predicted octanol–water partition coefficient (Wildman–Crippen LogP) is 1.40. The topological polar surface area (TPSA) is 113 Å². The molecule has 1 aromatic heterocycles. The minimum Gasteiger partial charge on any atom is -0.545 e. The van der Waals surface area contributed by atoms with Crippen LogP contribution in [0.5, 0.6) is 5.75 Å². The van der Waals surface area contributed by atoms with Crippen LogP contribution in [0.25, 0.3) is 11.3 Å². The Kier molecular flexibility index (Phi) is 8.53. The first-order valence-electron chi connectivity index (χ1n) is 10.6. The Morgan fingerprint density at radius 2 is 1.94 bits per heavy atom. The molecule has 0 saturated carbocycles. The minimum absolute atomic E-state index is 0.177. The SMILES string of the molecule is C1COCC[NH2+]1.CCc1ccc(Nc2cc(-c3ccccc3OC)ncn2)cc1C(=O)[O-]. The number of aromatic nitrogens is 2. The number of nitrogens with zero attached hydrogens (tertiary/aromatic N) is 2. The van der Waals surface area contributed by atoms with Gasteiger partial charge in [0.05, 0.1) is 45.1 Å². The third-order valence-electron chi connectivity index (χ3n) is 4.97. The van der Waals surface area contributed by atoms with E-state index in [1.165, 1.54) is 6.33 Å². The molecule has 0 bridgehead atoms. The van der Waals surface area contributed by atoms with Crippen LogP contribution in [-0.4, -0.2) is 49.4 Å². The molecule has 1 aliphatic heterocycles. The number of ether oxygens (including phenoxy) is 2. The molecule has 168 valence electrons. The molecule has 1 fully saturated rings. The van der Waals surface area contributed by atoms with E-state index in [2.05, 4.69) is 20.6 Å². The van der Waals surface area contributed by atoms with Crippen LogP contribution in [-0.2, 0) is 11.2 Å². The molecule has 32 heavy (non-hydrogen) atoms. The zero-order valence-corrected chi connectivity index (χ0v) is 18.3. The Bertz CT molecular complexity index is 1030. The van der Waals surface area contributed by atoms with Crippen molar-refractivity contribution in [2.45, 2.75) is 13.3 Å². The highest BCUT2D eigenvalue weighted by Gasteiger charge is 2.09. The zero-order chi connectivity index (χ0) is 22.8. The molecule has 3 N–H and O–H groups in total. The lowest BCUT2D eigenvalue weighted by Crippen LogP contribution is -2.87. The molecule has 0 aliphatic carbocycles. The molecule has 0 unspecified atom stereocenters. The molecular weight excluding hydrogens is 408 g/mol. The van der Waals surface area contributed by atoms with Crippen molar-refractivity contribution in [1.29, 1.82) is 0 Å². The minimum atomic E-state index is -1.19. The van der Waals surface area contributed by atoms with E-state index in [0.717, 1.165) is 37.4 Å². The Morgan fingerprint density at radius 3 is 2.56 bits per heavy atom. The number of rotatable bonds is 6. The number of hydrogen-bond acceptors (Lipinski definition) is 7. The van der Waals surface area contributed by atoms with Crippen molar-refractivity contribution in [3.8, 4) is 17.0 Å². The normalized spacial score (nSPS) is 12.9. The van der Waals surface area contributed by atoms with Gasteiger partial charge >= 0.3 is 0 Å². The van der Waals surface area contributed by atoms with E-state index < -0.39 is 5.97 Å². The van der Waals surface area contributed by atoms with Crippen LogP contribution in [0.1, 0.15) is 22.8 Å². The second-order valence-electron chi connectivity index (χ2n) is 7.11. The third-order valence-corrected chi connectivity index (χ3v) is 4.97. The van der Waals surface area contributed by atoms with Gasteiger partial charge < -0.3 is 30.0 Å². The molecule has 2 aromatic carbocycles. The first-order chi connectivity index (χ1) is 15.6. The number of nitrogens with two attached hydrogens (primary N) is 1. The van der Waals surface area contributed by atoms with Crippen molar-refractivity contribution in [3.63, 3.8) is 0 Å². The van der Waals surface area contributed by atoms with Crippen LogP contribution in [0.4, 0.5) is 11.5 Å². The fourth-order valence-corrected chi connectivity index (χ4v) is 3.31. The fourth-order valence-electron chi connectivity index (χ4n) is 3.31. The Balaban J connectivity index is 0.000000416. The lowest BCUT2D eigenvalue weighted by atomic mass is 10.0. The van der Waals surface area contributed by atoms with Gasteiger partial charge in [-0.3, -0.25) is 0 Å². The van der Waals surface area contributed by atoms with E-state index in [1.807, 2.05) is 37.3 Å². The maximum absolute atomic E-state index is 11.3. The third kappa shape index (κ3) is 6.26. The Labute approximate surface area is 187 Å². The largest absolute Gasteiger partial charge is 0.545 e. The molecular formula is C24H28N4O4. The number of carbonyl (C=O) groups is 1. The Hall–Kier alpha value is -3.49. The lowest BCUT2D eigenvalue weighted by molar-refractivity contribution is -0.670. The molecule has 8 nitrogen and oxygen atoms in total. The van der Waals surface area contributed by atoms with Crippen molar-refractivity contribution in [1.82, 2.24) is 9.97 Å². The quantitative estimate of drug-likeness (QED) is 0.601. The van der Waals surface area contributed by atoms with Gasteiger partial charge in [-0.05, 0) is 36.2 Å². The van der Waals surface area contributed by atoms with E-state index in [-0.39, 0.29) is 5.56 Å². The van der Waals surface area contributed by atoms with E-state index >= 15 is 0 Å². The van der Waals surface area contributed by atoms with E-state index in [0.29, 0.717) is 29.4 Å². The Morgan fingerprint density at radius 1 is 1.16 bits per heavy atom. The highest BCUT2D eigenvalue weighted by atomic mass is 16.5. The number of nitrogens with one attached hydrogen (secondary N) is 1. The standard InChI is InChI=1S/C20H19N3O3.C4H9NO/c1-3-13-8-9-14(10-16(13)20(24)25)23-19-11-17(21-12-22-19)15-6-4-5-7-18(15)26-2;1-3-6-4-2-5-1/h4-12H,3H2,1-2H3,(H,24,25)(H,21,22,23);5H,1-4H2. The summed E-state index contributed by atoms with van der Waals surface area (Å²) in [6.07, 6.45) is 2.07. The van der Waals surface area contributed by atoms with Gasteiger partial charge in [0.15, 0.2) is 0 Å². The van der Waals surface area contributed by atoms with Gasteiger partial charge in [-0.25, -0.2) is 9.97 Å². The van der Waals surface area contributed by atoms with Gasteiger partial charge in [-0.15, -0.1) is 0 Å². The van der Waals surface area contributed by atoms with Gasteiger partial charge in [0.2, 0.25) is 0 Å². The van der Waals surface area contributed by atoms with E-state index in [9.17, 15) is 9.90 Å². The number of benzene rings is 2. The summed E-state index contributed by atoms with van der Waals surface area (Å²) >= 11 is 0. The van der Waals surface area contributed by atoms with Crippen LogP contribution in [0, 0.1) is 0 Å². The summed E-state index contributed by atoms with van der Waals surface area (Å²) in [6.45, 7) is 6.10. The van der Waals surface area contributed by atoms with Crippen molar-refractivity contribution in [2.75, 3.05) is 38.7 Å². The summed E-state index contributed by atoms with van der Waals surface area (Å²) in [5, 5.41) is 16.7. The first kappa shape index (κ1) is 23.2. The summed E-state index contributed by atoms with van der Waals surface area (Å²) in [6, 6.07) is 14.5. The molecule has 0 radical (unpaired) electrons. The van der Waals surface area contributed by atoms with Crippen LogP contribution in [0.15, 0.2) is 54.9 Å². The number of methoxy groups -OCH3 is 1. The summed E-state index contributed by atoms with van der Waals surface area (Å²) in [5.41, 5.74) is 3.07. The second kappa shape index (κ2) is 11.8. The average Bonchev–Trinajstić information content (AvgIpc) is 2.85. The predicted molar refractivity (Wildman–Crippen MR) is 120 cm³/mol. The van der Waals surface area contributed by atoms with Crippen molar-refractivity contribution in [2.24, 2.45) is 0 Å². The average molecular weight is 437 g/mol. The van der Waals surface area contributed by atoms with E-state index in [4.69, 9.17) is 9.47 Å². The van der Waals surface area contributed by atoms with Crippen molar-refractivity contribution in [3.05, 3.63) is 66.0 Å². The van der Waals surface area contributed by atoms with Crippen molar-refractivity contribution < 1.29 is 24.7 Å². The van der Waals surface area contributed by atoms with Gasteiger partial charge in [0, 0.05) is 22.9 Å².